The number of hydrogen-bond acceptors (Lipinski definition) is 6. The Kier molecular flexibility index (Phi) is 5.51. The van der Waals surface area contributed by atoms with E-state index in [9.17, 15) is 5.11 Å². The van der Waals surface area contributed by atoms with Gasteiger partial charge >= 0.3 is 0 Å². The molecule has 0 radical (unpaired) electrons. The van der Waals surface area contributed by atoms with Crippen LogP contribution in [0.5, 0.6) is 5.75 Å². The highest BCUT2D eigenvalue weighted by molar-refractivity contribution is 5.63. The quantitative estimate of drug-likeness (QED) is 0.846. The lowest BCUT2D eigenvalue weighted by atomic mass is 10.2. The van der Waals surface area contributed by atoms with E-state index >= 15 is 0 Å². The zero-order valence-corrected chi connectivity index (χ0v) is 13.5. The van der Waals surface area contributed by atoms with E-state index in [2.05, 4.69) is 28.9 Å². The molecule has 2 aromatic rings. The molecule has 0 aliphatic heterocycles. The van der Waals surface area contributed by atoms with E-state index in [1.54, 1.807) is 14.0 Å². The molecule has 22 heavy (non-hydrogen) atoms. The van der Waals surface area contributed by atoms with Crippen LogP contribution in [0.1, 0.15) is 26.7 Å². The minimum absolute atomic E-state index is 0.274. The molecule has 1 unspecified atom stereocenters. The summed E-state index contributed by atoms with van der Waals surface area (Å²) in [6.07, 6.45) is -0.404. The van der Waals surface area contributed by atoms with Crippen LogP contribution in [0.25, 0.3) is 11.4 Å². The smallest absolute Gasteiger partial charge is 0.241 e. The molecule has 0 saturated carbocycles. The number of para-hydroxylation sites is 1. The fourth-order valence-electron chi connectivity index (χ4n) is 2.23. The van der Waals surface area contributed by atoms with E-state index in [0.29, 0.717) is 30.6 Å². The second-order valence-corrected chi connectivity index (χ2v) is 5.58. The minimum Gasteiger partial charge on any atom is -0.496 e. The van der Waals surface area contributed by atoms with Crippen molar-refractivity contribution in [2.45, 2.75) is 39.5 Å². The summed E-state index contributed by atoms with van der Waals surface area (Å²) >= 11 is 0. The van der Waals surface area contributed by atoms with E-state index in [4.69, 9.17) is 9.26 Å². The van der Waals surface area contributed by atoms with Crippen molar-refractivity contribution >= 4 is 0 Å². The summed E-state index contributed by atoms with van der Waals surface area (Å²) in [4.78, 5) is 6.53. The molecule has 0 bridgehead atoms. The predicted octanol–water partition coefficient (Wildman–Crippen LogP) is 2.34. The lowest BCUT2D eigenvalue weighted by molar-refractivity contribution is 0.0943. The Balaban J connectivity index is 2.17. The van der Waals surface area contributed by atoms with Crippen LogP contribution in [-0.4, -0.2) is 45.9 Å². The standard InChI is InChI=1S/C16H23N3O3/c1-11(2)19(9-12(3)20)10-15-17-16(18-22-15)13-7-5-6-8-14(13)21-4/h5-8,11-12,20H,9-10H2,1-4H3. The van der Waals surface area contributed by atoms with Crippen molar-refractivity contribution in [1.29, 1.82) is 0 Å². The molecule has 1 aromatic carbocycles. The molecule has 0 aliphatic carbocycles. The Morgan fingerprint density at radius 2 is 2.00 bits per heavy atom. The largest absolute Gasteiger partial charge is 0.496 e. The number of aliphatic hydroxyl groups is 1. The molecule has 0 amide bonds. The number of benzene rings is 1. The van der Waals surface area contributed by atoms with Gasteiger partial charge in [-0.25, -0.2) is 0 Å². The molecule has 1 atom stereocenters. The van der Waals surface area contributed by atoms with Gasteiger partial charge in [-0.2, -0.15) is 4.98 Å². The van der Waals surface area contributed by atoms with Crippen LogP contribution in [-0.2, 0) is 6.54 Å². The first-order valence-corrected chi connectivity index (χ1v) is 7.39. The van der Waals surface area contributed by atoms with Gasteiger partial charge in [0.15, 0.2) is 0 Å². The van der Waals surface area contributed by atoms with E-state index in [-0.39, 0.29) is 6.04 Å². The predicted molar refractivity (Wildman–Crippen MR) is 83.5 cm³/mol. The Morgan fingerprint density at radius 1 is 1.27 bits per heavy atom. The maximum absolute atomic E-state index is 9.58. The summed E-state index contributed by atoms with van der Waals surface area (Å²) < 4.78 is 10.7. The normalized spacial score (nSPS) is 12.9. The number of hydrogen-bond donors (Lipinski definition) is 1. The molecule has 6 nitrogen and oxygen atoms in total. The van der Waals surface area contributed by atoms with Crippen molar-refractivity contribution in [2.75, 3.05) is 13.7 Å². The lowest BCUT2D eigenvalue weighted by Crippen LogP contribution is -2.36. The van der Waals surface area contributed by atoms with Gasteiger partial charge in [0, 0.05) is 12.6 Å². The van der Waals surface area contributed by atoms with Crippen LogP contribution in [0, 0.1) is 0 Å². The average Bonchev–Trinajstić information content (AvgIpc) is 2.94. The number of nitrogens with zero attached hydrogens (tertiary/aromatic N) is 3. The maximum atomic E-state index is 9.58. The van der Waals surface area contributed by atoms with Gasteiger partial charge in [-0.1, -0.05) is 17.3 Å². The molecule has 0 spiro atoms. The van der Waals surface area contributed by atoms with Crippen LogP contribution >= 0.6 is 0 Å². The topological polar surface area (TPSA) is 71.6 Å². The summed E-state index contributed by atoms with van der Waals surface area (Å²) in [6, 6.07) is 7.83. The van der Waals surface area contributed by atoms with Crippen LogP contribution in [0.4, 0.5) is 0 Å². The van der Waals surface area contributed by atoms with E-state index < -0.39 is 6.10 Å². The fourth-order valence-corrected chi connectivity index (χ4v) is 2.23. The molecule has 120 valence electrons. The Bertz CT molecular complexity index is 596. The van der Waals surface area contributed by atoms with Crippen LogP contribution in [0.2, 0.25) is 0 Å². The monoisotopic (exact) mass is 305 g/mol. The van der Waals surface area contributed by atoms with Crippen molar-refractivity contribution in [2.24, 2.45) is 0 Å². The second kappa shape index (κ2) is 7.38. The highest BCUT2D eigenvalue weighted by atomic mass is 16.5. The van der Waals surface area contributed by atoms with Gasteiger partial charge in [-0.15, -0.1) is 0 Å². The lowest BCUT2D eigenvalue weighted by Gasteiger charge is -2.25. The molecule has 6 heteroatoms. The molecule has 1 aromatic heterocycles. The first-order chi connectivity index (χ1) is 10.5. The first kappa shape index (κ1) is 16.5. The van der Waals surface area contributed by atoms with Gasteiger partial charge in [0.1, 0.15) is 5.75 Å². The molecular formula is C16H23N3O3. The van der Waals surface area contributed by atoms with Gasteiger partial charge in [0.05, 0.1) is 25.3 Å². The van der Waals surface area contributed by atoms with Crippen molar-refractivity contribution in [1.82, 2.24) is 15.0 Å². The SMILES string of the molecule is COc1ccccc1-c1noc(CN(CC(C)O)C(C)C)n1. The summed E-state index contributed by atoms with van der Waals surface area (Å²) in [6.45, 7) is 6.97. The highest BCUT2D eigenvalue weighted by Gasteiger charge is 2.18. The summed E-state index contributed by atoms with van der Waals surface area (Å²) in [5, 5.41) is 13.6. The number of methoxy groups -OCH3 is 1. The van der Waals surface area contributed by atoms with Crippen LogP contribution in [0.3, 0.4) is 0 Å². The third-order valence-corrected chi connectivity index (χ3v) is 3.38. The molecule has 1 heterocycles. The van der Waals surface area contributed by atoms with Crippen molar-refractivity contribution in [3.63, 3.8) is 0 Å². The van der Waals surface area contributed by atoms with Crippen LogP contribution in [0.15, 0.2) is 28.8 Å². The molecule has 1 N–H and O–H groups in total. The molecule has 0 aliphatic rings. The van der Waals surface area contributed by atoms with Gasteiger partial charge < -0.3 is 14.4 Å². The van der Waals surface area contributed by atoms with Crippen molar-refractivity contribution in [3.8, 4) is 17.1 Å². The average molecular weight is 305 g/mol. The number of aliphatic hydroxyl groups excluding tert-OH is 1. The third kappa shape index (κ3) is 4.05. The van der Waals surface area contributed by atoms with E-state index in [1.165, 1.54) is 0 Å². The Labute approximate surface area is 130 Å². The zero-order valence-electron chi connectivity index (χ0n) is 13.5. The van der Waals surface area contributed by atoms with Crippen molar-refractivity contribution < 1.29 is 14.4 Å². The van der Waals surface area contributed by atoms with Gasteiger partial charge in [0.25, 0.3) is 0 Å². The van der Waals surface area contributed by atoms with E-state index in [1.807, 2.05) is 24.3 Å². The van der Waals surface area contributed by atoms with Crippen molar-refractivity contribution in [3.05, 3.63) is 30.2 Å². The molecule has 2 rings (SSSR count). The molecular weight excluding hydrogens is 282 g/mol. The van der Waals surface area contributed by atoms with E-state index in [0.717, 1.165) is 5.56 Å². The number of ether oxygens (including phenoxy) is 1. The second-order valence-electron chi connectivity index (χ2n) is 5.58. The first-order valence-electron chi connectivity index (χ1n) is 7.39. The maximum Gasteiger partial charge on any atom is 0.241 e. The van der Waals surface area contributed by atoms with Gasteiger partial charge in [0.2, 0.25) is 11.7 Å². The summed E-state index contributed by atoms with van der Waals surface area (Å²) in [5.74, 6) is 1.74. The van der Waals surface area contributed by atoms with Crippen LogP contribution < -0.4 is 4.74 Å². The number of rotatable bonds is 7. The highest BCUT2D eigenvalue weighted by Crippen LogP contribution is 2.27. The zero-order chi connectivity index (χ0) is 16.1. The Morgan fingerprint density at radius 3 is 2.64 bits per heavy atom. The summed E-state index contributed by atoms with van der Waals surface area (Å²) in [7, 11) is 1.61. The van der Waals surface area contributed by atoms with Gasteiger partial charge in [-0.05, 0) is 32.9 Å². The minimum atomic E-state index is -0.404. The number of aromatic nitrogens is 2. The summed E-state index contributed by atoms with van der Waals surface area (Å²) in [5.41, 5.74) is 0.798. The molecule has 0 fully saturated rings. The molecule has 0 saturated heterocycles. The fraction of sp³-hybridized carbons (Fsp3) is 0.500. The Hall–Kier alpha value is -1.92. The third-order valence-electron chi connectivity index (χ3n) is 3.38. The van der Waals surface area contributed by atoms with Gasteiger partial charge in [-0.3, -0.25) is 4.90 Å².